The van der Waals surface area contributed by atoms with Crippen LogP contribution in [0.5, 0.6) is 0 Å². The van der Waals surface area contributed by atoms with Gasteiger partial charge in [-0.15, -0.1) is 0 Å². The first-order valence-corrected chi connectivity index (χ1v) is 6.77. The van der Waals surface area contributed by atoms with Gasteiger partial charge in [0.15, 0.2) is 0 Å². The smallest absolute Gasteiger partial charge is 0.220 e. The maximum Gasteiger partial charge on any atom is 0.220 e. The van der Waals surface area contributed by atoms with Crippen LogP contribution in [-0.2, 0) is 4.79 Å². The molecule has 3 nitrogen and oxygen atoms in total. The molecule has 1 atom stereocenters. The molecule has 0 aliphatic heterocycles. The lowest BCUT2D eigenvalue weighted by molar-refractivity contribution is -0.121. The van der Waals surface area contributed by atoms with Gasteiger partial charge in [-0.05, 0) is 37.6 Å². The van der Waals surface area contributed by atoms with Crippen molar-refractivity contribution in [1.29, 1.82) is 0 Å². The van der Waals surface area contributed by atoms with Gasteiger partial charge in [-0.3, -0.25) is 4.79 Å². The van der Waals surface area contributed by atoms with Crippen LogP contribution in [0.3, 0.4) is 0 Å². The number of nitrogens with one attached hydrogen (secondary N) is 2. The van der Waals surface area contributed by atoms with Gasteiger partial charge in [0, 0.05) is 12.5 Å². The Hall–Kier alpha value is -1.42. The van der Waals surface area contributed by atoms with E-state index in [1.807, 2.05) is 6.92 Å². The monoisotopic (exact) mass is 266 g/mol. The quantitative estimate of drug-likeness (QED) is 0.745. The molecule has 0 fully saturated rings. The van der Waals surface area contributed by atoms with E-state index in [9.17, 15) is 9.18 Å². The Kier molecular flexibility index (Phi) is 6.50. The number of hydrogen-bond donors (Lipinski definition) is 2. The van der Waals surface area contributed by atoms with Crippen molar-refractivity contribution in [2.24, 2.45) is 0 Å². The SMILES string of the molecule is CC(C)NCCCC(=O)N[C@@H](C)c1ccc(F)cc1. The Morgan fingerprint density at radius 3 is 2.42 bits per heavy atom. The van der Waals surface area contributed by atoms with Crippen molar-refractivity contribution >= 4 is 5.91 Å². The van der Waals surface area contributed by atoms with Crippen LogP contribution in [-0.4, -0.2) is 18.5 Å². The molecular formula is C15H23FN2O. The first-order chi connectivity index (χ1) is 8.99. The fraction of sp³-hybridized carbons (Fsp3) is 0.533. The minimum atomic E-state index is -0.262. The summed E-state index contributed by atoms with van der Waals surface area (Å²) in [6.45, 7) is 6.90. The lowest BCUT2D eigenvalue weighted by Crippen LogP contribution is -2.28. The molecule has 1 amide bonds. The zero-order chi connectivity index (χ0) is 14.3. The summed E-state index contributed by atoms with van der Waals surface area (Å²) < 4.78 is 12.8. The Bertz CT molecular complexity index is 390. The van der Waals surface area contributed by atoms with E-state index in [0.29, 0.717) is 12.5 Å². The van der Waals surface area contributed by atoms with Crippen molar-refractivity contribution in [3.63, 3.8) is 0 Å². The van der Waals surface area contributed by atoms with E-state index in [-0.39, 0.29) is 17.8 Å². The average Bonchev–Trinajstić information content (AvgIpc) is 2.35. The van der Waals surface area contributed by atoms with E-state index < -0.39 is 0 Å². The minimum absolute atomic E-state index is 0.0300. The highest BCUT2D eigenvalue weighted by Crippen LogP contribution is 2.12. The van der Waals surface area contributed by atoms with E-state index in [1.54, 1.807) is 12.1 Å². The third kappa shape index (κ3) is 6.34. The summed E-state index contributed by atoms with van der Waals surface area (Å²) in [7, 11) is 0. The fourth-order valence-corrected chi connectivity index (χ4v) is 1.79. The van der Waals surface area contributed by atoms with Gasteiger partial charge in [0.1, 0.15) is 5.82 Å². The molecule has 0 saturated heterocycles. The largest absolute Gasteiger partial charge is 0.350 e. The van der Waals surface area contributed by atoms with Gasteiger partial charge in [0.2, 0.25) is 5.91 Å². The number of amides is 1. The predicted molar refractivity (Wildman–Crippen MR) is 75.3 cm³/mol. The molecule has 0 aliphatic carbocycles. The van der Waals surface area contributed by atoms with Crippen molar-refractivity contribution < 1.29 is 9.18 Å². The molecule has 0 heterocycles. The van der Waals surface area contributed by atoms with E-state index in [0.717, 1.165) is 18.5 Å². The van der Waals surface area contributed by atoms with Gasteiger partial charge in [-0.1, -0.05) is 26.0 Å². The van der Waals surface area contributed by atoms with Crippen LogP contribution in [0.25, 0.3) is 0 Å². The molecule has 0 aromatic heterocycles. The molecule has 0 spiro atoms. The highest BCUT2D eigenvalue weighted by atomic mass is 19.1. The normalized spacial score (nSPS) is 12.5. The van der Waals surface area contributed by atoms with Gasteiger partial charge in [0.25, 0.3) is 0 Å². The number of carbonyl (C=O) groups excluding carboxylic acids is 1. The fourth-order valence-electron chi connectivity index (χ4n) is 1.79. The van der Waals surface area contributed by atoms with Crippen LogP contribution < -0.4 is 10.6 Å². The Morgan fingerprint density at radius 1 is 1.21 bits per heavy atom. The molecule has 0 bridgehead atoms. The maximum absolute atomic E-state index is 12.8. The minimum Gasteiger partial charge on any atom is -0.350 e. The van der Waals surface area contributed by atoms with Crippen LogP contribution in [0.15, 0.2) is 24.3 Å². The number of benzene rings is 1. The van der Waals surface area contributed by atoms with Crippen LogP contribution in [0.2, 0.25) is 0 Å². The molecule has 0 radical (unpaired) electrons. The van der Waals surface area contributed by atoms with Gasteiger partial charge >= 0.3 is 0 Å². The summed E-state index contributed by atoms with van der Waals surface area (Å²) in [5.41, 5.74) is 0.912. The summed E-state index contributed by atoms with van der Waals surface area (Å²) in [5, 5.41) is 6.19. The molecule has 0 saturated carbocycles. The maximum atomic E-state index is 12.8. The van der Waals surface area contributed by atoms with Crippen molar-refractivity contribution in [2.45, 2.75) is 45.7 Å². The van der Waals surface area contributed by atoms with Gasteiger partial charge in [-0.2, -0.15) is 0 Å². The van der Waals surface area contributed by atoms with Crippen LogP contribution >= 0.6 is 0 Å². The number of rotatable bonds is 7. The summed E-state index contributed by atoms with van der Waals surface area (Å²) in [6.07, 6.45) is 1.32. The van der Waals surface area contributed by atoms with Crippen molar-refractivity contribution in [2.75, 3.05) is 6.54 Å². The van der Waals surface area contributed by atoms with Crippen molar-refractivity contribution in [3.8, 4) is 0 Å². The Morgan fingerprint density at radius 2 is 1.84 bits per heavy atom. The second-order valence-corrected chi connectivity index (χ2v) is 5.05. The van der Waals surface area contributed by atoms with Crippen LogP contribution in [0, 0.1) is 5.82 Å². The Balaban J connectivity index is 2.29. The molecule has 4 heteroatoms. The standard InChI is InChI=1S/C15H23FN2O/c1-11(2)17-10-4-5-15(19)18-12(3)13-6-8-14(16)9-7-13/h6-9,11-12,17H,4-5,10H2,1-3H3,(H,18,19)/t12-/m0/s1. The second kappa shape index (κ2) is 7.89. The first kappa shape index (κ1) is 15.6. The lowest BCUT2D eigenvalue weighted by atomic mass is 10.1. The number of halogens is 1. The second-order valence-electron chi connectivity index (χ2n) is 5.05. The van der Waals surface area contributed by atoms with Crippen LogP contribution in [0.1, 0.15) is 45.2 Å². The van der Waals surface area contributed by atoms with E-state index in [1.165, 1.54) is 12.1 Å². The summed E-state index contributed by atoms with van der Waals surface area (Å²) in [5.74, 6) is -0.232. The molecule has 1 aromatic carbocycles. The molecule has 0 aliphatic rings. The van der Waals surface area contributed by atoms with E-state index in [2.05, 4.69) is 24.5 Å². The highest BCUT2D eigenvalue weighted by Gasteiger charge is 2.09. The topological polar surface area (TPSA) is 41.1 Å². The van der Waals surface area contributed by atoms with Gasteiger partial charge in [0.05, 0.1) is 6.04 Å². The summed E-state index contributed by atoms with van der Waals surface area (Å²) in [4.78, 5) is 11.7. The molecule has 1 aromatic rings. The number of hydrogen-bond acceptors (Lipinski definition) is 2. The molecule has 2 N–H and O–H groups in total. The molecule has 1 rings (SSSR count). The highest BCUT2D eigenvalue weighted by molar-refractivity contribution is 5.76. The van der Waals surface area contributed by atoms with E-state index in [4.69, 9.17) is 0 Å². The average molecular weight is 266 g/mol. The Labute approximate surface area is 114 Å². The van der Waals surface area contributed by atoms with Gasteiger partial charge in [-0.25, -0.2) is 4.39 Å². The van der Waals surface area contributed by atoms with E-state index >= 15 is 0 Å². The molecule has 0 unspecified atom stereocenters. The zero-order valence-corrected chi connectivity index (χ0v) is 11.9. The summed E-state index contributed by atoms with van der Waals surface area (Å²) >= 11 is 0. The summed E-state index contributed by atoms with van der Waals surface area (Å²) in [6, 6.07) is 6.56. The zero-order valence-electron chi connectivity index (χ0n) is 11.9. The molecule has 106 valence electrons. The molecular weight excluding hydrogens is 243 g/mol. The lowest BCUT2D eigenvalue weighted by Gasteiger charge is -2.14. The molecule has 19 heavy (non-hydrogen) atoms. The first-order valence-electron chi connectivity index (χ1n) is 6.77. The van der Waals surface area contributed by atoms with Crippen molar-refractivity contribution in [3.05, 3.63) is 35.6 Å². The third-order valence-electron chi connectivity index (χ3n) is 2.88. The van der Waals surface area contributed by atoms with Crippen LogP contribution in [0.4, 0.5) is 4.39 Å². The number of carbonyl (C=O) groups is 1. The predicted octanol–water partition coefficient (Wildman–Crippen LogP) is 2.78. The van der Waals surface area contributed by atoms with Crippen molar-refractivity contribution in [1.82, 2.24) is 10.6 Å². The third-order valence-corrected chi connectivity index (χ3v) is 2.88. The van der Waals surface area contributed by atoms with Gasteiger partial charge < -0.3 is 10.6 Å².